The number of hydrogen-bond acceptors (Lipinski definition) is 2. The first-order valence-electron chi connectivity index (χ1n) is 4.48. The molecule has 1 amide bonds. The van der Waals surface area contributed by atoms with Crippen LogP contribution in [0.15, 0.2) is 12.1 Å². The molecule has 0 radical (unpaired) electrons. The maximum Gasteiger partial charge on any atom is 0.254 e. The van der Waals surface area contributed by atoms with Gasteiger partial charge in [0.2, 0.25) is 0 Å². The number of carbonyl (C=O) groups is 1. The van der Waals surface area contributed by atoms with E-state index in [4.69, 9.17) is 0 Å². The highest BCUT2D eigenvalue weighted by Crippen LogP contribution is 2.14. The Hall–Kier alpha value is -1.56. The SMILES string of the molecule is COCCNC(=O)c1ccc(F)c(F)c1F. The van der Waals surface area contributed by atoms with Gasteiger partial charge in [-0.25, -0.2) is 13.2 Å². The van der Waals surface area contributed by atoms with Crippen molar-refractivity contribution in [1.82, 2.24) is 5.32 Å². The van der Waals surface area contributed by atoms with E-state index >= 15 is 0 Å². The highest BCUT2D eigenvalue weighted by Gasteiger charge is 2.18. The number of amides is 1. The van der Waals surface area contributed by atoms with Crippen molar-refractivity contribution in [2.24, 2.45) is 0 Å². The first-order valence-corrected chi connectivity index (χ1v) is 4.48. The van der Waals surface area contributed by atoms with Crippen molar-refractivity contribution in [1.29, 1.82) is 0 Å². The van der Waals surface area contributed by atoms with Crippen molar-refractivity contribution in [3.8, 4) is 0 Å². The molecule has 0 bridgehead atoms. The van der Waals surface area contributed by atoms with Crippen LogP contribution in [0.25, 0.3) is 0 Å². The molecule has 1 aromatic carbocycles. The van der Waals surface area contributed by atoms with Crippen LogP contribution in [-0.2, 0) is 4.74 Å². The van der Waals surface area contributed by atoms with Crippen LogP contribution >= 0.6 is 0 Å². The number of ether oxygens (including phenoxy) is 1. The third-order valence-electron chi connectivity index (χ3n) is 1.87. The Balaban J connectivity index is 2.80. The van der Waals surface area contributed by atoms with Crippen LogP contribution in [-0.4, -0.2) is 26.2 Å². The van der Waals surface area contributed by atoms with Crippen LogP contribution in [0.1, 0.15) is 10.4 Å². The molecule has 0 heterocycles. The zero-order chi connectivity index (χ0) is 12.1. The summed E-state index contributed by atoms with van der Waals surface area (Å²) in [6.07, 6.45) is 0. The van der Waals surface area contributed by atoms with Crippen molar-refractivity contribution in [2.75, 3.05) is 20.3 Å². The number of benzene rings is 1. The van der Waals surface area contributed by atoms with E-state index in [1.165, 1.54) is 7.11 Å². The monoisotopic (exact) mass is 233 g/mol. The second-order valence-electron chi connectivity index (χ2n) is 2.97. The van der Waals surface area contributed by atoms with Gasteiger partial charge in [-0.3, -0.25) is 4.79 Å². The standard InChI is InChI=1S/C10H10F3NO2/c1-16-5-4-14-10(15)6-2-3-7(11)9(13)8(6)12/h2-3H,4-5H2,1H3,(H,14,15). The lowest BCUT2D eigenvalue weighted by atomic mass is 10.2. The van der Waals surface area contributed by atoms with E-state index in [2.05, 4.69) is 10.1 Å². The van der Waals surface area contributed by atoms with Gasteiger partial charge in [0.15, 0.2) is 17.5 Å². The Labute approximate surface area is 90.2 Å². The quantitative estimate of drug-likeness (QED) is 0.632. The van der Waals surface area contributed by atoms with Crippen LogP contribution in [0.5, 0.6) is 0 Å². The number of halogens is 3. The van der Waals surface area contributed by atoms with Crippen LogP contribution < -0.4 is 5.32 Å². The molecule has 0 fully saturated rings. The van der Waals surface area contributed by atoms with Gasteiger partial charge >= 0.3 is 0 Å². The van der Waals surface area contributed by atoms with Crippen LogP contribution in [0.4, 0.5) is 13.2 Å². The van der Waals surface area contributed by atoms with E-state index in [0.29, 0.717) is 6.07 Å². The molecule has 16 heavy (non-hydrogen) atoms. The van der Waals surface area contributed by atoms with Gasteiger partial charge in [-0.2, -0.15) is 0 Å². The molecule has 0 aliphatic heterocycles. The lowest BCUT2D eigenvalue weighted by molar-refractivity contribution is 0.0932. The van der Waals surface area contributed by atoms with Crippen LogP contribution in [0, 0.1) is 17.5 Å². The maximum absolute atomic E-state index is 13.1. The number of rotatable bonds is 4. The molecule has 0 aromatic heterocycles. The van der Waals surface area contributed by atoms with E-state index in [-0.39, 0.29) is 13.2 Å². The largest absolute Gasteiger partial charge is 0.383 e. The molecule has 88 valence electrons. The fourth-order valence-electron chi connectivity index (χ4n) is 1.06. The van der Waals surface area contributed by atoms with Gasteiger partial charge in [0, 0.05) is 13.7 Å². The first-order chi connectivity index (χ1) is 7.57. The van der Waals surface area contributed by atoms with Crippen molar-refractivity contribution in [3.63, 3.8) is 0 Å². The number of nitrogens with one attached hydrogen (secondary N) is 1. The summed E-state index contributed by atoms with van der Waals surface area (Å²) in [6, 6.07) is 1.58. The molecule has 0 unspecified atom stereocenters. The van der Waals surface area contributed by atoms with E-state index in [1.807, 2.05) is 0 Å². The van der Waals surface area contributed by atoms with Gasteiger partial charge in [-0.15, -0.1) is 0 Å². The summed E-state index contributed by atoms with van der Waals surface area (Å²) in [7, 11) is 1.43. The molecule has 0 spiro atoms. The topological polar surface area (TPSA) is 38.3 Å². The van der Waals surface area contributed by atoms with E-state index in [9.17, 15) is 18.0 Å². The molecule has 3 nitrogen and oxygen atoms in total. The summed E-state index contributed by atoms with van der Waals surface area (Å²) < 4.78 is 43.1. The third-order valence-corrected chi connectivity index (χ3v) is 1.87. The number of methoxy groups -OCH3 is 1. The normalized spacial score (nSPS) is 10.2. The molecule has 6 heteroatoms. The fraction of sp³-hybridized carbons (Fsp3) is 0.300. The van der Waals surface area contributed by atoms with Crippen LogP contribution in [0.3, 0.4) is 0 Å². The predicted octanol–water partition coefficient (Wildman–Crippen LogP) is 1.48. The molecule has 0 saturated carbocycles. The van der Waals surface area contributed by atoms with Crippen molar-refractivity contribution >= 4 is 5.91 Å². The number of hydrogen-bond donors (Lipinski definition) is 1. The summed E-state index contributed by atoms with van der Waals surface area (Å²) in [5, 5.41) is 2.29. The molecule has 1 aromatic rings. The van der Waals surface area contributed by atoms with Crippen molar-refractivity contribution in [2.45, 2.75) is 0 Å². The summed E-state index contributed by atoms with van der Waals surface area (Å²) in [4.78, 5) is 11.3. The Morgan fingerprint density at radius 2 is 2.00 bits per heavy atom. The molecule has 0 aliphatic carbocycles. The molecule has 1 N–H and O–H groups in total. The van der Waals surface area contributed by atoms with Gasteiger partial charge in [-0.1, -0.05) is 0 Å². The summed E-state index contributed by atoms with van der Waals surface area (Å²) >= 11 is 0. The maximum atomic E-state index is 13.1. The molecular formula is C10H10F3NO2. The van der Waals surface area contributed by atoms with Crippen molar-refractivity contribution in [3.05, 3.63) is 35.1 Å². The lowest BCUT2D eigenvalue weighted by Gasteiger charge is -2.06. The van der Waals surface area contributed by atoms with Gasteiger partial charge in [0.05, 0.1) is 12.2 Å². The zero-order valence-corrected chi connectivity index (χ0v) is 8.52. The van der Waals surface area contributed by atoms with E-state index < -0.39 is 28.9 Å². The Morgan fingerprint density at radius 3 is 2.62 bits per heavy atom. The summed E-state index contributed by atoms with van der Waals surface area (Å²) in [5.74, 6) is -5.28. The Morgan fingerprint density at radius 1 is 1.31 bits per heavy atom. The minimum absolute atomic E-state index is 0.160. The highest BCUT2D eigenvalue weighted by atomic mass is 19.2. The minimum Gasteiger partial charge on any atom is -0.383 e. The number of carbonyl (C=O) groups excluding carboxylic acids is 1. The Kier molecular flexibility index (Phi) is 4.30. The van der Waals surface area contributed by atoms with Gasteiger partial charge in [0.1, 0.15) is 0 Å². The second kappa shape index (κ2) is 5.50. The lowest BCUT2D eigenvalue weighted by Crippen LogP contribution is -2.28. The summed E-state index contributed by atoms with van der Waals surface area (Å²) in [6.45, 7) is 0.408. The molecule has 0 atom stereocenters. The zero-order valence-electron chi connectivity index (χ0n) is 8.52. The average Bonchev–Trinajstić information content (AvgIpc) is 2.26. The van der Waals surface area contributed by atoms with E-state index in [1.54, 1.807) is 0 Å². The summed E-state index contributed by atoms with van der Waals surface area (Å²) in [5.41, 5.74) is -0.532. The van der Waals surface area contributed by atoms with Crippen molar-refractivity contribution < 1.29 is 22.7 Å². The first kappa shape index (κ1) is 12.5. The minimum atomic E-state index is -1.65. The molecule has 0 aliphatic rings. The Bertz CT molecular complexity index is 396. The van der Waals surface area contributed by atoms with Gasteiger partial charge < -0.3 is 10.1 Å². The highest BCUT2D eigenvalue weighted by molar-refractivity contribution is 5.94. The molecule has 0 saturated heterocycles. The average molecular weight is 233 g/mol. The third kappa shape index (κ3) is 2.73. The van der Waals surface area contributed by atoms with Gasteiger partial charge in [0.25, 0.3) is 5.91 Å². The molecular weight excluding hydrogens is 223 g/mol. The predicted molar refractivity (Wildman–Crippen MR) is 50.5 cm³/mol. The van der Waals surface area contributed by atoms with Crippen LogP contribution in [0.2, 0.25) is 0 Å². The smallest absolute Gasteiger partial charge is 0.254 e. The molecule has 1 rings (SSSR count). The second-order valence-corrected chi connectivity index (χ2v) is 2.97. The van der Waals surface area contributed by atoms with Gasteiger partial charge in [-0.05, 0) is 12.1 Å². The van der Waals surface area contributed by atoms with E-state index in [0.717, 1.165) is 6.07 Å². The fourth-order valence-corrected chi connectivity index (χ4v) is 1.06.